The van der Waals surface area contributed by atoms with Crippen LogP contribution in [0.15, 0.2) is 18.2 Å². The van der Waals surface area contributed by atoms with E-state index < -0.39 is 0 Å². The maximum absolute atomic E-state index is 14.3. The number of benzene rings is 1. The van der Waals surface area contributed by atoms with E-state index in [4.69, 9.17) is 4.74 Å². The lowest BCUT2D eigenvalue weighted by Crippen LogP contribution is -2.48. The number of ether oxygens (including phenoxy) is 1. The van der Waals surface area contributed by atoms with Gasteiger partial charge in [-0.1, -0.05) is 13.3 Å². The van der Waals surface area contributed by atoms with Crippen molar-refractivity contribution < 1.29 is 13.5 Å². The van der Waals surface area contributed by atoms with E-state index in [1.807, 2.05) is 0 Å². The normalized spacial score (nSPS) is 36.8. The molecule has 5 rings (SSSR count). The number of hydrogen-bond acceptors (Lipinski definition) is 3. The van der Waals surface area contributed by atoms with Crippen molar-refractivity contribution in [3.8, 4) is 0 Å². The van der Waals surface area contributed by atoms with Gasteiger partial charge in [0.1, 0.15) is 11.6 Å². The van der Waals surface area contributed by atoms with Crippen molar-refractivity contribution in [3.63, 3.8) is 0 Å². The number of halogens is 2. The summed E-state index contributed by atoms with van der Waals surface area (Å²) in [5, 5.41) is 0. The van der Waals surface area contributed by atoms with Gasteiger partial charge in [0.25, 0.3) is 0 Å². The molecule has 4 aliphatic rings. The van der Waals surface area contributed by atoms with Gasteiger partial charge >= 0.3 is 0 Å². The first-order valence-corrected chi connectivity index (χ1v) is 11.2. The van der Waals surface area contributed by atoms with E-state index in [1.54, 1.807) is 0 Å². The zero-order valence-corrected chi connectivity index (χ0v) is 16.8. The Morgan fingerprint density at radius 2 is 1.89 bits per heavy atom. The number of likely N-dealkylation sites (tertiary alicyclic amines) is 2. The summed E-state index contributed by atoms with van der Waals surface area (Å²) in [4.78, 5) is 5.44. The third kappa shape index (κ3) is 3.50. The van der Waals surface area contributed by atoms with Crippen LogP contribution in [-0.2, 0) is 4.74 Å². The third-order valence-electron chi connectivity index (χ3n) is 7.65. The molecule has 0 radical (unpaired) electrons. The van der Waals surface area contributed by atoms with Crippen LogP contribution in [0, 0.1) is 23.5 Å². The van der Waals surface area contributed by atoms with Crippen LogP contribution < -0.4 is 0 Å². The van der Waals surface area contributed by atoms with Gasteiger partial charge in [0.15, 0.2) is 0 Å². The monoisotopic (exact) mass is 390 g/mol. The summed E-state index contributed by atoms with van der Waals surface area (Å²) in [5.41, 5.74) is 0.390. The molecule has 3 saturated heterocycles. The SMILES string of the molecule is CCC1CC(N2CCC3C2CCN3CC2CC2)COC1c1cc(F)ccc1F. The highest BCUT2D eigenvalue weighted by molar-refractivity contribution is 5.22. The van der Waals surface area contributed by atoms with Crippen molar-refractivity contribution in [1.82, 2.24) is 9.80 Å². The first kappa shape index (κ1) is 19.0. The Balaban J connectivity index is 1.27. The smallest absolute Gasteiger partial charge is 0.129 e. The summed E-state index contributed by atoms with van der Waals surface area (Å²) in [6.07, 6.45) is 6.99. The summed E-state index contributed by atoms with van der Waals surface area (Å²) >= 11 is 0. The summed E-state index contributed by atoms with van der Waals surface area (Å²) in [7, 11) is 0. The lowest BCUT2D eigenvalue weighted by atomic mass is 9.84. The second kappa shape index (κ2) is 7.66. The second-order valence-electron chi connectivity index (χ2n) is 9.37. The molecule has 0 N–H and O–H groups in total. The summed E-state index contributed by atoms with van der Waals surface area (Å²) in [6, 6.07) is 5.52. The molecule has 0 bridgehead atoms. The molecule has 154 valence electrons. The molecule has 4 fully saturated rings. The van der Waals surface area contributed by atoms with Gasteiger partial charge < -0.3 is 4.74 Å². The summed E-state index contributed by atoms with van der Waals surface area (Å²) in [5.74, 6) is 0.451. The zero-order valence-electron chi connectivity index (χ0n) is 16.8. The maximum Gasteiger partial charge on any atom is 0.129 e. The molecule has 5 unspecified atom stereocenters. The van der Waals surface area contributed by atoms with Gasteiger partial charge in [0.2, 0.25) is 0 Å². The van der Waals surface area contributed by atoms with E-state index in [1.165, 1.54) is 57.0 Å². The highest BCUT2D eigenvalue weighted by atomic mass is 19.1. The van der Waals surface area contributed by atoms with Gasteiger partial charge in [-0.2, -0.15) is 0 Å². The molecular weight excluding hydrogens is 358 g/mol. The van der Waals surface area contributed by atoms with E-state index in [2.05, 4.69) is 16.7 Å². The lowest BCUT2D eigenvalue weighted by Gasteiger charge is -2.42. The van der Waals surface area contributed by atoms with Gasteiger partial charge in [-0.25, -0.2) is 8.78 Å². The van der Waals surface area contributed by atoms with E-state index in [9.17, 15) is 8.78 Å². The zero-order chi connectivity index (χ0) is 19.3. The molecule has 28 heavy (non-hydrogen) atoms. The fraction of sp³-hybridized carbons (Fsp3) is 0.739. The number of nitrogens with zero attached hydrogens (tertiary/aromatic N) is 2. The Bertz CT molecular complexity index is 710. The minimum Gasteiger partial charge on any atom is -0.372 e. The predicted octanol–water partition coefficient (Wildman–Crippen LogP) is 4.38. The topological polar surface area (TPSA) is 15.7 Å². The molecule has 1 aromatic rings. The van der Waals surface area contributed by atoms with E-state index in [0.717, 1.165) is 31.3 Å². The van der Waals surface area contributed by atoms with Crippen molar-refractivity contribution in [2.75, 3.05) is 26.2 Å². The minimum atomic E-state index is -0.388. The Morgan fingerprint density at radius 3 is 2.68 bits per heavy atom. The molecular formula is C23H32F2N2O. The van der Waals surface area contributed by atoms with E-state index in [0.29, 0.717) is 24.3 Å². The first-order valence-electron chi connectivity index (χ1n) is 11.2. The Hall–Kier alpha value is -1.04. The fourth-order valence-electron chi connectivity index (χ4n) is 6.00. The molecule has 3 aliphatic heterocycles. The highest BCUT2D eigenvalue weighted by Gasteiger charge is 2.47. The molecule has 3 nitrogen and oxygen atoms in total. The van der Waals surface area contributed by atoms with Crippen LogP contribution in [0.3, 0.4) is 0 Å². The molecule has 0 spiro atoms. The van der Waals surface area contributed by atoms with Crippen LogP contribution in [0.25, 0.3) is 0 Å². The fourth-order valence-corrected chi connectivity index (χ4v) is 6.00. The molecule has 1 saturated carbocycles. The van der Waals surface area contributed by atoms with Crippen LogP contribution in [-0.4, -0.2) is 54.2 Å². The predicted molar refractivity (Wildman–Crippen MR) is 105 cm³/mol. The summed E-state index contributed by atoms with van der Waals surface area (Å²) in [6.45, 7) is 6.46. The molecule has 1 aromatic carbocycles. The van der Waals surface area contributed by atoms with Gasteiger partial charge in [0.05, 0.1) is 12.7 Å². The van der Waals surface area contributed by atoms with Crippen molar-refractivity contribution in [2.24, 2.45) is 11.8 Å². The Morgan fingerprint density at radius 1 is 1.07 bits per heavy atom. The summed E-state index contributed by atoms with van der Waals surface area (Å²) < 4.78 is 34.2. The van der Waals surface area contributed by atoms with Crippen LogP contribution in [0.1, 0.15) is 57.1 Å². The second-order valence-corrected chi connectivity index (χ2v) is 9.37. The molecule has 5 atom stereocenters. The third-order valence-corrected chi connectivity index (χ3v) is 7.65. The van der Waals surface area contributed by atoms with Crippen LogP contribution >= 0.6 is 0 Å². The van der Waals surface area contributed by atoms with Crippen molar-refractivity contribution in [3.05, 3.63) is 35.4 Å². The molecule has 3 heterocycles. The molecule has 1 aliphatic carbocycles. The van der Waals surface area contributed by atoms with Crippen molar-refractivity contribution >= 4 is 0 Å². The highest BCUT2D eigenvalue weighted by Crippen LogP contribution is 2.42. The van der Waals surface area contributed by atoms with Gasteiger partial charge in [-0.15, -0.1) is 0 Å². The molecule has 5 heteroatoms. The van der Waals surface area contributed by atoms with E-state index >= 15 is 0 Å². The average Bonchev–Trinajstić information content (AvgIpc) is 3.29. The maximum atomic E-state index is 14.3. The average molecular weight is 391 g/mol. The largest absolute Gasteiger partial charge is 0.372 e. The van der Waals surface area contributed by atoms with Crippen molar-refractivity contribution in [2.45, 2.75) is 69.7 Å². The molecule has 0 aromatic heterocycles. The molecule has 0 amide bonds. The van der Waals surface area contributed by atoms with Gasteiger partial charge in [0, 0.05) is 43.3 Å². The van der Waals surface area contributed by atoms with Gasteiger partial charge in [-0.3, -0.25) is 9.80 Å². The Labute approximate surface area is 167 Å². The standard InChI is InChI=1S/C23H32F2N2O/c1-2-16-11-18(14-28-23(16)19-12-17(24)5-6-20(19)25)27-10-8-21-22(27)7-9-26(21)13-15-3-4-15/h5-6,12,15-16,18,21-23H,2-4,7-11,13-14H2,1H3. The van der Waals surface area contributed by atoms with Crippen LogP contribution in [0.5, 0.6) is 0 Å². The van der Waals surface area contributed by atoms with Gasteiger partial charge in [-0.05, 0) is 62.1 Å². The first-order chi connectivity index (χ1) is 13.6. The minimum absolute atomic E-state index is 0.234. The number of fused-ring (bicyclic) bond motifs is 1. The number of rotatable bonds is 5. The Kier molecular flexibility index (Phi) is 5.18. The number of hydrogen-bond donors (Lipinski definition) is 0. The van der Waals surface area contributed by atoms with E-state index in [-0.39, 0.29) is 23.7 Å². The van der Waals surface area contributed by atoms with Crippen LogP contribution in [0.4, 0.5) is 8.78 Å². The van der Waals surface area contributed by atoms with Crippen molar-refractivity contribution in [1.29, 1.82) is 0 Å². The quantitative estimate of drug-likeness (QED) is 0.742. The van der Waals surface area contributed by atoms with Crippen LogP contribution in [0.2, 0.25) is 0 Å². The lowest BCUT2D eigenvalue weighted by molar-refractivity contribution is -0.0793.